The summed E-state index contributed by atoms with van der Waals surface area (Å²) in [7, 11) is 0. The first-order valence-corrected chi connectivity index (χ1v) is 4.57. The monoisotopic (exact) mass is 182 g/mol. The fraction of sp³-hybridized carbons (Fsp3) is 0.750. The predicted molar refractivity (Wildman–Crippen MR) is 47.2 cm³/mol. The molecule has 0 saturated carbocycles. The van der Waals surface area contributed by atoms with Gasteiger partial charge in [0, 0.05) is 32.7 Å². The largest absolute Gasteiger partial charge is 0.314 e. The number of nitrogens with one attached hydrogen (secondary N) is 1. The van der Waals surface area contributed by atoms with Crippen LogP contribution in [-0.4, -0.2) is 41.4 Å². The summed E-state index contributed by atoms with van der Waals surface area (Å²) in [5.74, 6) is 0. The highest BCUT2D eigenvalue weighted by atomic mass is 16.6. The van der Waals surface area contributed by atoms with Crippen LogP contribution >= 0.6 is 0 Å². The number of hydrogen-bond acceptors (Lipinski definition) is 5. The number of aryl methyl sites for hydroxylation is 1. The molecule has 0 radical (unpaired) electrons. The Morgan fingerprint density at radius 1 is 1.38 bits per heavy atom. The molecule has 0 unspecified atom stereocenters. The van der Waals surface area contributed by atoms with Gasteiger partial charge in [0.2, 0.25) is 0 Å². The smallest absolute Gasteiger partial charge is 0.122 e. The minimum Gasteiger partial charge on any atom is -0.314 e. The van der Waals surface area contributed by atoms with Gasteiger partial charge < -0.3 is 5.32 Å². The Bertz CT molecular complexity index is 267. The van der Waals surface area contributed by atoms with Crippen molar-refractivity contribution in [3.05, 3.63) is 11.4 Å². The zero-order valence-corrected chi connectivity index (χ0v) is 7.79. The van der Waals surface area contributed by atoms with Gasteiger partial charge in [-0.1, -0.05) is 10.3 Å². The summed E-state index contributed by atoms with van der Waals surface area (Å²) in [6, 6.07) is 0. The van der Waals surface area contributed by atoms with Crippen LogP contribution in [0.1, 0.15) is 11.4 Å². The molecule has 2 rings (SSSR count). The number of piperazine rings is 1. The lowest BCUT2D eigenvalue weighted by Gasteiger charge is -2.26. The fourth-order valence-corrected chi connectivity index (χ4v) is 1.47. The molecular weight excluding hydrogens is 168 g/mol. The van der Waals surface area contributed by atoms with E-state index in [1.54, 1.807) is 0 Å². The van der Waals surface area contributed by atoms with Gasteiger partial charge >= 0.3 is 0 Å². The lowest BCUT2D eigenvalue weighted by atomic mass is 10.3. The van der Waals surface area contributed by atoms with Crippen molar-refractivity contribution in [3.63, 3.8) is 0 Å². The minimum absolute atomic E-state index is 0.858. The van der Waals surface area contributed by atoms with Gasteiger partial charge in [-0.15, -0.1) is 0 Å². The average Bonchev–Trinajstić information content (AvgIpc) is 2.54. The second-order valence-corrected chi connectivity index (χ2v) is 3.32. The SMILES string of the molecule is Cc1nonc1CN1CCNCC1. The Kier molecular flexibility index (Phi) is 2.56. The van der Waals surface area contributed by atoms with E-state index >= 15 is 0 Å². The summed E-state index contributed by atoms with van der Waals surface area (Å²) in [5, 5.41) is 10.9. The molecule has 1 aromatic rings. The molecule has 1 saturated heterocycles. The highest BCUT2D eigenvalue weighted by Crippen LogP contribution is 2.05. The first-order valence-electron chi connectivity index (χ1n) is 4.57. The van der Waals surface area contributed by atoms with Gasteiger partial charge in [-0.05, 0) is 6.92 Å². The van der Waals surface area contributed by atoms with E-state index in [1.807, 2.05) is 6.92 Å². The van der Waals surface area contributed by atoms with Crippen LogP contribution in [0.5, 0.6) is 0 Å². The van der Waals surface area contributed by atoms with Crippen LogP contribution in [0.25, 0.3) is 0 Å². The van der Waals surface area contributed by atoms with Crippen molar-refractivity contribution in [1.82, 2.24) is 20.5 Å². The summed E-state index contributed by atoms with van der Waals surface area (Å²) in [5.41, 5.74) is 1.86. The Balaban J connectivity index is 1.93. The quantitative estimate of drug-likeness (QED) is 0.685. The second kappa shape index (κ2) is 3.85. The Hall–Kier alpha value is -0.940. The van der Waals surface area contributed by atoms with Gasteiger partial charge in [-0.2, -0.15) is 0 Å². The molecule has 1 aliphatic heterocycles. The topological polar surface area (TPSA) is 54.2 Å². The molecule has 0 bridgehead atoms. The zero-order valence-electron chi connectivity index (χ0n) is 7.79. The third-order valence-electron chi connectivity index (χ3n) is 2.33. The van der Waals surface area contributed by atoms with Crippen molar-refractivity contribution in [2.24, 2.45) is 0 Å². The van der Waals surface area contributed by atoms with Gasteiger partial charge in [0.15, 0.2) is 0 Å². The summed E-state index contributed by atoms with van der Waals surface area (Å²) < 4.78 is 4.64. The van der Waals surface area contributed by atoms with E-state index < -0.39 is 0 Å². The van der Waals surface area contributed by atoms with Crippen LogP contribution in [-0.2, 0) is 6.54 Å². The van der Waals surface area contributed by atoms with E-state index in [2.05, 4.69) is 25.2 Å². The third-order valence-corrected chi connectivity index (χ3v) is 2.33. The second-order valence-electron chi connectivity index (χ2n) is 3.32. The molecule has 1 N–H and O–H groups in total. The van der Waals surface area contributed by atoms with Crippen molar-refractivity contribution >= 4 is 0 Å². The van der Waals surface area contributed by atoms with Gasteiger partial charge in [-0.3, -0.25) is 4.90 Å². The lowest BCUT2D eigenvalue weighted by molar-refractivity contribution is 0.223. The van der Waals surface area contributed by atoms with E-state index in [9.17, 15) is 0 Å². The molecule has 2 heterocycles. The molecule has 0 spiro atoms. The van der Waals surface area contributed by atoms with E-state index in [0.29, 0.717) is 0 Å². The lowest BCUT2D eigenvalue weighted by Crippen LogP contribution is -2.43. The van der Waals surface area contributed by atoms with Crippen LogP contribution in [0.4, 0.5) is 0 Å². The van der Waals surface area contributed by atoms with Gasteiger partial charge in [0.25, 0.3) is 0 Å². The van der Waals surface area contributed by atoms with Crippen LogP contribution in [0.15, 0.2) is 4.63 Å². The van der Waals surface area contributed by atoms with Gasteiger partial charge in [0.1, 0.15) is 11.4 Å². The molecule has 0 aliphatic carbocycles. The maximum atomic E-state index is 4.64. The third kappa shape index (κ3) is 2.05. The minimum atomic E-state index is 0.858. The molecular formula is C8H14N4O. The Morgan fingerprint density at radius 2 is 2.15 bits per heavy atom. The Morgan fingerprint density at radius 3 is 2.77 bits per heavy atom. The molecule has 0 atom stereocenters. The number of aromatic nitrogens is 2. The van der Waals surface area contributed by atoms with Gasteiger partial charge in [-0.25, -0.2) is 4.63 Å². The van der Waals surface area contributed by atoms with E-state index in [0.717, 1.165) is 44.1 Å². The predicted octanol–water partition coefficient (Wildman–Crippen LogP) is -0.217. The van der Waals surface area contributed by atoms with Crippen LogP contribution in [0.3, 0.4) is 0 Å². The standard InChI is InChI=1S/C8H14N4O/c1-7-8(11-13-10-7)6-12-4-2-9-3-5-12/h9H,2-6H2,1H3. The molecule has 72 valence electrons. The van der Waals surface area contributed by atoms with Crippen molar-refractivity contribution in [2.75, 3.05) is 26.2 Å². The molecule has 1 aromatic heterocycles. The summed E-state index contributed by atoms with van der Waals surface area (Å²) in [6.45, 7) is 7.05. The summed E-state index contributed by atoms with van der Waals surface area (Å²) in [6.07, 6.45) is 0. The van der Waals surface area contributed by atoms with Crippen molar-refractivity contribution in [3.8, 4) is 0 Å². The van der Waals surface area contributed by atoms with Gasteiger partial charge in [0.05, 0.1) is 0 Å². The zero-order chi connectivity index (χ0) is 9.10. The maximum absolute atomic E-state index is 4.64. The first kappa shape index (κ1) is 8.65. The van der Waals surface area contributed by atoms with Crippen LogP contribution in [0, 0.1) is 6.92 Å². The van der Waals surface area contributed by atoms with Crippen LogP contribution < -0.4 is 5.32 Å². The highest BCUT2D eigenvalue weighted by molar-refractivity contribution is 5.04. The van der Waals surface area contributed by atoms with Crippen molar-refractivity contribution < 1.29 is 4.63 Å². The first-order chi connectivity index (χ1) is 6.36. The normalized spacial score (nSPS) is 19.2. The van der Waals surface area contributed by atoms with E-state index in [1.165, 1.54) is 0 Å². The molecule has 0 aromatic carbocycles. The molecule has 1 aliphatic rings. The van der Waals surface area contributed by atoms with Crippen molar-refractivity contribution in [1.29, 1.82) is 0 Å². The molecule has 5 heteroatoms. The van der Waals surface area contributed by atoms with Crippen LogP contribution in [0.2, 0.25) is 0 Å². The fourth-order valence-electron chi connectivity index (χ4n) is 1.47. The number of hydrogen-bond donors (Lipinski definition) is 1. The molecule has 5 nitrogen and oxygen atoms in total. The summed E-state index contributed by atoms with van der Waals surface area (Å²) in [4.78, 5) is 2.35. The Labute approximate surface area is 77.1 Å². The van der Waals surface area contributed by atoms with Crippen molar-refractivity contribution in [2.45, 2.75) is 13.5 Å². The number of rotatable bonds is 2. The average molecular weight is 182 g/mol. The molecule has 0 amide bonds. The molecule has 1 fully saturated rings. The maximum Gasteiger partial charge on any atom is 0.122 e. The van der Waals surface area contributed by atoms with E-state index in [-0.39, 0.29) is 0 Å². The summed E-state index contributed by atoms with van der Waals surface area (Å²) >= 11 is 0. The number of nitrogens with zero attached hydrogens (tertiary/aromatic N) is 3. The van der Waals surface area contributed by atoms with E-state index in [4.69, 9.17) is 0 Å². The molecule has 13 heavy (non-hydrogen) atoms. The highest BCUT2D eigenvalue weighted by Gasteiger charge is 2.13.